The van der Waals surface area contributed by atoms with Crippen molar-refractivity contribution >= 4 is 5.91 Å². The van der Waals surface area contributed by atoms with Crippen molar-refractivity contribution in [1.29, 1.82) is 0 Å². The highest BCUT2D eigenvalue weighted by Gasteiger charge is 2.06. The number of hydrogen-bond acceptors (Lipinski definition) is 5. The minimum Gasteiger partial charge on any atom is -0.345 e. The molecule has 0 unspecified atom stereocenters. The number of nitrogens with one attached hydrogen (secondary N) is 3. The minimum absolute atomic E-state index is 0.155. The van der Waals surface area contributed by atoms with Crippen LogP contribution in [0.15, 0.2) is 23.1 Å². The molecule has 2 aromatic heterocycles. The maximum absolute atomic E-state index is 11.5. The average molecular weight is 220 g/mol. The Bertz CT molecular complexity index is 531. The summed E-state index contributed by atoms with van der Waals surface area (Å²) in [5.41, 5.74) is -0.0422. The average Bonchev–Trinajstić information content (AvgIpc) is 2.78. The Kier molecular flexibility index (Phi) is 2.72. The third-order valence-corrected chi connectivity index (χ3v) is 1.83. The monoisotopic (exact) mass is 220 g/mol. The zero-order valence-electron chi connectivity index (χ0n) is 8.10. The van der Waals surface area contributed by atoms with E-state index in [0.717, 1.165) is 0 Å². The Morgan fingerprint density at radius 1 is 1.50 bits per heavy atom. The van der Waals surface area contributed by atoms with Crippen molar-refractivity contribution in [3.05, 3.63) is 40.1 Å². The minimum atomic E-state index is -0.365. The lowest BCUT2D eigenvalue weighted by Gasteiger charge is -2.00. The van der Waals surface area contributed by atoms with Crippen molar-refractivity contribution in [2.45, 2.75) is 6.54 Å². The van der Waals surface area contributed by atoms with Gasteiger partial charge in [0.15, 0.2) is 5.82 Å². The van der Waals surface area contributed by atoms with Gasteiger partial charge in [0.1, 0.15) is 0 Å². The molecule has 0 fully saturated rings. The first-order valence-corrected chi connectivity index (χ1v) is 4.45. The molecule has 82 valence electrons. The van der Waals surface area contributed by atoms with Crippen LogP contribution in [0.2, 0.25) is 0 Å². The van der Waals surface area contributed by atoms with Crippen LogP contribution in [0.3, 0.4) is 0 Å². The number of tetrazole rings is 1. The first-order chi connectivity index (χ1) is 7.75. The van der Waals surface area contributed by atoms with Crippen LogP contribution in [-0.2, 0) is 6.54 Å². The SMILES string of the molecule is O=C(NCc1nn[nH]n1)c1cc[nH]c(=O)c1. The topological polar surface area (TPSA) is 116 Å². The molecular weight excluding hydrogens is 212 g/mol. The van der Waals surface area contributed by atoms with Gasteiger partial charge in [0.25, 0.3) is 5.91 Å². The molecule has 0 aliphatic carbocycles. The highest BCUT2D eigenvalue weighted by Crippen LogP contribution is 1.93. The molecule has 0 saturated heterocycles. The highest BCUT2D eigenvalue weighted by atomic mass is 16.2. The van der Waals surface area contributed by atoms with Gasteiger partial charge in [-0.1, -0.05) is 5.21 Å². The van der Waals surface area contributed by atoms with Gasteiger partial charge in [-0.05, 0) is 6.07 Å². The summed E-state index contributed by atoms with van der Waals surface area (Å²) in [5, 5.41) is 15.5. The van der Waals surface area contributed by atoms with Gasteiger partial charge in [-0.25, -0.2) is 0 Å². The van der Waals surface area contributed by atoms with Crippen molar-refractivity contribution in [2.75, 3.05) is 0 Å². The molecule has 0 bridgehead atoms. The molecule has 0 spiro atoms. The predicted octanol–water partition coefficient (Wildman–Crippen LogP) is -1.18. The molecular formula is C8H8N6O2. The van der Waals surface area contributed by atoms with Crippen LogP contribution < -0.4 is 10.9 Å². The summed E-state index contributed by atoms with van der Waals surface area (Å²) in [5.74, 6) is 0.00842. The molecule has 2 rings (SSSR count). The second-order valence-electron chi connectivity index (χ2n) is 2.95. The fourth-order valence-electron chi connectivity index (χ4n) is 1.10. The van der Waals surface area contributed by atoms with E-state index in [1.54, 1.807) is 0 Å². The third-order valence-electron chi connectivity index (χ3n) is 1.83. The van der Waals surface area contributed by atoms with Crippen molar-refractivity contribution in [3.63, 3.8) is 0 Å². The van der Waals surface area contributed by atoms with Gasteiger partial charge in [0.05, 0.1) is 6.54 Å². The van der Waals surface area contributed by atoms with E-state index in [-0.39, 0.29) is 23.6 Å². The maximum Gasteiger partial charge on any atom is 0.251 e. The fourth-order valence-corrected chi connectivity index (χ4v) is 1.10. The molecule has 8 nitrogen and oxygen atoms in total. The first-order valence-electron chi connectivity index (χ1n) is 4.45. The quantitative estimate of drug-likeness (QED) is 0.601. The summed E-state index contributed by atoms with van der Waals surface area (Å²) in [7, 11) is 0. The lowest BCUT2D eigenvalue weighted by Crippen LogP contribution is -2.24. The number of nitrogens with zero attached hydrogens (tertiary/aromatic N) is 3. The van der Waals surface area contributed by atoms with E-state index in [9.17, 15) is 9.59 Å². The van der Waals surface area contributed by atoms with Crippen molar-refractivity contribution in [1.82, 2.24) is 30.9 Å². The standard InChI is InChI=1S/C8H8N6O2/c15-7-3-5(1-2-9-7)8(16)10-4-6-11-13-14-12-6/h1-3H,4H2,(H,9,15)(H,10,16)(H,11,12,13,14). The van der Waals surface area contributed by atoms with E-state index >= 15 is 0 Å². The molecule has 0 saturated carbocycles. The molecule has 2 heterocycles. The normalized spacial score (nSPS) is 10.0. The zero-order valence-corrected chi connectivity index (χ0v) is 8.10. The Balaban J connectivity index is 2.01. The van der Waals surface area contributed by atoms with Crippen LogP contribution in [0.25, 0.3) is 0 Å². The van der Waals surface area contributed by atoms with E-state index in [1.807, 2.05) is 0 Å². The van der Waals surface area contributed by atoms with Gasteiger partial charge < -0.3 is 10.3 Å². The Morgan fingerprint density at radius 3 is 3.06 bits per heavy atom. The number of hydrogen-bond donors (Lipinski definition) is 3. The number of H-pyrrole nitrogens is 2. The molecule has 16 heavy (non-hydrogen) atoms. The number of amides is 1. The number of pyridine rings is 1. The molecule has 0 aromatic carbocycles. The van der Waals surface area contributed by atoms with Crippen LogP contribution in [0.1, 0.15) is 16.2 Å². The number of rotatable bonds is 3. The molecule has 0 atom stereocenters. The van der Waals surface area contributed by atoms with Gasteiger partial charge in [-0.15, -0.1) is 10.2 Å². The van der Waals surface area contributed by atoms with Gasteiger partial charge in [-0.2, -0.15) is 5.21 Å². The fraction of sp³-hybridized carbons (Fsp3) is 0.125. The summed E-state index contributed by atoms with van der Waals surface area (Å²) in [6.45, 7) is 0.155. The van der Waals surface area contributed by atoms with Gasteiger partial charge in [0.2, 0.25) is 5.56 Å². The smallest absolute Gasteiger partial charge is 0.251 e. The van der Waals surface area contributed by atoms with Gasteiger partial charge >= 0.3 is 0 Å². The Hall–Kier alpha value is -2.51. The predicted molar refractivity (Wildman–Crippen MR) is 52.4 cm³/mol. The van der Waals surface area contributed by atoms with E-state index < -0.39 is 0 Å². The van der Waals surface area contributed by atoms with E-state index in [0.29, 0.717) is 5.82 Å². The van der Waals surface area contributed by atoms with Crippen molar-refractivity contribution in [2.24, 2.45) is 0 Å². The van der Waals surface area contributed by atoms with Crippen LogP contribution in [-0.4, -0.2) is 31.5 Å². The molecule has 8 heteroatoms. The summed E-state index contributed by atoms with van der Waals surface area (Å²) in [6.07, 6.45) is 1.41. The highest BCUT2D eigenvalue weighted by molar-refractivity contribution is 5.93. The maximum atomic E-state index is 11.5. The van der Waals surface area contributed by atoms with Crippen LogP contribution in [0.4, 0.5) is 0 Å². The first kappa shape index (κ1) is 10.0. The molecule has 0 aliphatic heterocycles. The van der Waals surface area contributed by atoms with Crippen LogP contribution in [0.5, 0.6) is 0 Å². The number of carbonyl (C=O) groups excluding carboxylic acids is 1. The third kappa shape index (κ3) is 2.29. The molecule has 0 aliphatic rings. The summed E-state index contributed by atoms with van der Waals surface area (Å²) < 4.78 is 0. The van der Waals surface area contributed by atoms with Crippen molar-refractivity contribution < 1.29 is 4.79 Å². The molecule has 1 amide bonds. The lowest BCUT2D eigenvalue weighted by molar-refractivity contribution is 0.0949. The largest absolute Gasteiger partial charge is 0.345 e. The van der Waals surface area contributed by atoms with Crippen LogP contribution >= 0.6 is 0 Å². The number of aromatic nitrogens is 5. The lowest BCUT2D eigenvalue weighted by atomic mass is 10.2. The Labute approximate surface area is 89.1 Å². The number of aromatic amines is 2. The Morgan fingerprint density at radius 2 is 2.38 bits per heavy atom. The second kappa shape index (κ2) is 4.34. The molecule has 0 radical (unpaired) electrons. The van der Waals surface area contributed by atoms with Gasteiger partial charge in [0, 0.05) is 17.8 Å². The summed E-state index contributed by atoms with van der Waals surface area (Å²) in [6, 6.07) is 2.72. The summed E-state index contributed by atoms with van der Waals surface area (Å²) >= 11 is 0. The molecule has 2 aromatic rings. The van der Waals surface area contributed by atoms with E-state index in [4.69, 9.17) is 0 Å². The van der Waals surface area contributed by atoms with E-state index in [1.165, 1.54) is 18.3 Å². The second-order valence-corrected chi connectivity index (χ2v) is 2.95. The number of carbonyl (C=O) groups is 1. The van der Waals surface area contributed by atoms with E-state index in [2.05, 4.69) is 30.9 Å². The zero-order chi connectivity index (χ0) is 11.4. The summed E-state index contributed by atoms with van der Waals surface area (Å²) in [4.78, 5) is 24.9. The van der Waals surface area contributed by atoms with Crippen molar-refractivity contribution in [3.8, 4) is 0 Å². The van der Waals surface area contributed by atoms with Gasteiger partial charge in [-0.3, -0.25) is 9.59 Å². The molecule has 3 N–H and O–H groups in total. The van der Waals surface area contributed by atoms with Crippen LogP contribution in [0, 0.1) is 0 Å².